The van der Waals surface area contributed by atoms with Gasteiger partial charge in [0.05, 0.1) is 5.56 Å². The van der Waals surface area contributed by atoms with Gasteiger partial charge in [0.25, 0.3) is 5.91 Å². The first kappa shape index (κ1) is 15.1. The van der Waals surface area contributed by atoms with E-state index in [1.165, 1.54) is 32.4 Å². The molecule has 1 fully saturated rings. The first-order valence-corrected chi connectivity index (χ1v) is 7.66. The van der Waals surface area contributed by atoms with E-state index in [1.54, 1.807) is 0 Å². The monoisotopic (exact) mass is 278 g/mol. The molecule has 20 heavy (non-hydrogen) atoms. The van der Waals surface area contributed by atoms with Gasteiger partial charge in [0.1, 0.15) is 11.5 Å². The van der Waals surface area contributed by atoms with Crippen LogP contribution in [0.15, 0.2) is 4.42 Å². The van der Waals surface area contributed by atoms with E-state index >= 15 is 0 Å². The highest BCUT2D eigenvalue weighted by atomic mass is 16.3. The molecule has 1 aliphatic heterocycles. The Morgan fingerprint density at radius 3 is 2.45 bits per heavy atom. The highest BCUT2D eigenvalue weighted by Crippen LogP contribution is 2.20. The molecule has 0 atom stereocenters. The van der Waals surface area contributed by atoms with Crippen LogP contribution in [-0.4, -0.2) is 37.0 Å². The Hall–Kier alpha value is -1.29. The minimum Gasteiger partial charge on any atom is -0.466 e. The first-order chi connectivity index (χ1) is 9.59. The molecular formula is C16H26N2O2. The lowest BCUT2D eigenvalue weighted by Crippen LogP contribution is -2.33. The Labute approximate surface area is 121 Å². The van der Waals surface area contributed by atoms with Crippen molar-refractivity contribution in [1.29, 1.82) is 0 Å². The van der Waals surface area contributed by atoms with Crippen LogP contribution in [0.1, 0.15) is 53.1 Å². The van der Waals surface area contributed by atoms with Crippen molar-refractivity contribution >= 4 is 5.91 Å². The van der Waals surface area contributed by atoms with Gasteiger partial charge in [0.2, 0.25) is 0 Å². The summed E-state index contributed by atoms with van der Waals surface area (Å²) in [6.07, 6.45) is 5.02. The lowest BCUT2D eigenvalue weighted by atomic mass is 10.1. The van der Waals surface area contributed by atoms with Crippen molar-refractivity contribution < 1.29 is 9.21 Å². The van der Waals surface area contributed by atoms with E-state index in [4.69, 9.17) is 4.42 Å². The highest BCUT2D eigenvalue weighted by molar-refractivity contribution is 5.96. The predicted molar refractivity (Wildman–Crippen MR) is 80.2 cm³/mol. The fraction of sp³-hybridized carbons (Fsp3) is 0.688. The molecule has 0 aromatic carbocycles. The van der Waals surface area contributed by atoms with Crippen LogP contribution in [-0.2, 0) is 0 Å². The number of aryl methyl sites for hydroxylation is 2. The van der Waals surface area contributed by atoms with Crippen molar-refractivity contribution in [3.8, 4) is 0 Å². The van der Waals surface area contributed by atoms with Crippen molar-refractivity contribution in [2.75, 3.05) is 26.2 Å². The van der Waals surface area contributed by atoms with Gasteiger partial charge >= 0.3 is 0 Å². The van der Waals surface area contributed by atoms with Crippen molar-refractivity contribution in [1.82, 2.24) is 10.2 Å². The van der Waals surface area contributed by atoms with Gasteiger partial charge in [-0.15, -0.1) is 0 Å². The Kier molecular flexibility index (Phi) is 5.24. The van der Waals surface area contributed by atoms with Crippen LogP contribution in [0.25, 0.3) is 0 Å². The highest BCUT2D eigenvalue weighted by Gasteiger charge is 2.18. The Bertz CT molecular complexity index is 459. The molecule has 0 bridgehead atoms. The number of carbonyl (C=O) groups is 1. The SMILES string of the molecule is Cc1oc(C)c(C(=O)NCCCN2CCCCC2)c1C. The maximum absolute atomic E-state index is 12.2. The predicted octanol–water partition coefficient (Wildman–Crippen LogP) is 2.81. The number of rotatable bonds is 5. The Balaban J connectivity index is 1.74. The summed E-state index contributed by atoms with van der Waals surface area (Å²) >= 11 is 0. The molecule has 4 heteroatoms. The summed E-state index contributed by atoms with van der Waals surface area (Å²) in [6, 6.07) is 0. The maximum Gasteiger partial charge on any atom is 0.255 e. The molecule has 0 saturated carbocycles. The van der Waals surface area contributed by atoms with Crippen LogP contribution < -0.4 is 5.32 Å². The zero-order valence-electron chi connectivity index (χ0n) is 12.9. The number of hydrogen-bond acceptors (Lipinski definition) is 3. The molecule has 112 valence electrons. The average molecular weight is 278 g/mol. The Morgan fingerprint density at radius 2 is 1.85 bits per heavy atom. The minimum atomic E-state index is -0.00417. The fourth-order valence-electron chi connectivity index (χ4n) is 2.90. The first-order valence-electron chi connectivity index (χ1n) is 7.66. The van der Waals surface area contributed by atoms with Crippen molar-refractivity contribution in [3.05, 3.63) is 22.6 Å². The molecule has 1 aromatic rings. The number of furan rings is 1. The molecule has 4 nitrogen and oxygen atoms in total. The molecule has 1 saturated heterocycles. The molecule has 0 unspecified atom stereocenters. The minimum absolute atomic E-state index is 0.00417. The second-order valence-corrected chi connectivity index (χ2v) is 5.73. The van der Waals surface area contributed by atoms with Crippen molar-refractivity contribution in [2.24, 2.45) is 0 Å². The number of likely N-dealkylation sites (tertiary alicyclic amines) is 1. The molecule has 0 spiro atoms. The van der Waals surface area contributed by atoms with E-state index in [1.807, 2.05) is 20.8 Å². The topological polar surface area (TPSA) is 45.5 Å². The molecule has 1 aromatic heterocycles. The summed E-state index contributed by atoms with van der Waals surface area (Å²) in [4.78, 5) is 14.7. The smallest absolute Gasteiger partial charge is 0.255 e. The quantitative estimate of drug-likeness (QED) is 0.842. The van der Waals surface area contributed by atoms with Gasteiger partial charge in [0, 0.05) is 12.1 Å². The largest absolute Gasteiger partial charge is 0.466 e. The molecule has 2 heterocycles. The van der Waals surface area contributed by atoms with Crippen LogP contribution in [0, 0.1) is 20.8 Å². The standard InChI is InChI=1S/C16H26N2O2/c1-12-13(2)20-14(3)15(12)16(19)17-8-7-11-18-9-5-4-6-10-18/h4-11H2,1-3H3,(H,17,19). The van der Waals surface area contributed by atoms with E-state index < -0.39 is 0 Å². The lowest BCUT2D eigenvalue weighted by molar-refractivity contribution is 0.0949. The van der Waals surface area contributed by atoms with E-state index in [-0.39, 0.29) is 5.91 Å². The van der Waals surface area contributed by atoms with Gasteiger partial charge in [-0.05, 0) is 59.7 Å². The van der Waals surface area contributed by atoms with Gasteiger partial charge in [0.15, 0.2) is 0 Å². The normalized spacial score (nSPS) is 16.4. The average Bonchev–Trinajstić information content (AvgIpc) is 2.69. The van der Waals surface area contributed by atoms with Crippen LogP contribution in [0.3, 0.4) is 0 Å². The zero-order chi connectivity index (χ0) is 14.5. The van der Waals surface area contributed by atoms with E-state index in [0.717, 1.165) is 30.8 Å². The number of hydrogen-bond donors (Lipinski definition) is 1. The summed E-state index contributed by atoms with van der Waals surface area (Å²) in [6.45, 7) is 9.94. The molecule has 0 aliphatic carbocycles. The zero-order valence-corrected chi connectivity index (χ0v) is 12.9. The van der Waals surface area contributed by atoms with Gasteiger partial charge in [-0.1, -0.05) is 6.42 Å². The summed E-state index contributed by atoms with van der Waals surface area (Å²) in [5.41, 5.74) is 1.66. The molecular weight excluding hydrogens is 252 g/mol. The van der Waals surface area contributed by atoms with Crippen molar-refractivity contribution in [3.63, 3.8) is 0 Å². The van der Waals surface area contributed by atoms with Gasteiger partial charge in [-0.2, -0.15) is 0 Å². The maximum atomic E-state index is 12.2. The van der Waals surface area contributed by atoms with E-state index in [2.05, 4.69) is 10.2 Å². The van der Waals surface area contributed by atoms with Crippen LogP contribution in [0.5, 0.6) is 0 Å². The third-order valence-electron chi connectivity index (χ3n) is 4.17. The second kappa shape index (κ2) is 6.93. The second-order valence-electron chi connectivity index (χ2n) is 5.73. The van der Waals surface area contributed by atoms with E-state index in [9.17, 15) is 4.79 Å². The summed E-state index contributed by atoms with van der Waals surface area (Å²) < 4.78 is 5.50. The summed E-state index contributed by atoms with van der Waals surface area (Å²) in [5.74, 6) is 1.55. The van der Waals surface area contributed by atoms with E-state index in [0.29, 0.717) is 11.3 Å². The lowest BCUT2D eigenvalue weighted by Gasteiger charge is -2.26. The number of nitrogens with zero attached hydrogens (tertiary/aromatic N) is 1. The molecule has 1 amide bonds. The third-order valence-corrected chi connectivity index (χ3v) is 4.17. The van der Waals surface area contributed by atoms with Crippen LogP contribution in [0.2, 0.25) is 0 Å². The molecule has 1 aliphatic rings. The molecule has 2 rings (SSSR count). The number of amides is 1. The van der Waals surface area contributed by atoms with Crippen molar-refractivity contribution in [2.45, 2.75) is 46.5 Å². The van der Waals surface area contributed by atoms with Gasteiger partial charge in [-0.3, -0.25) is 4.79 Å². The molecule has 0 radical (unpaired) electrons. The van der Waals surface area contributed by atoms with Gasteiger partial charge in [-0.25, -0.2) is 0 Å². The van der Waals surface area contributed by atoms with Crippen LogP contribution in [0.4, 0.5) is 0 Å². The number of carbonyl (C=O) groups excluding carboxylic acids is 1. The fourth-order valence-corrected chi connectivity index (χ4v) is 2.90. The Morgan fingerprint density at radius 1 is 1.15 bits per heavy atom. The summed E-state index contributed by atoms with van der Waals surface area (Å²) in [7, 11) is 0. The third kappa shape index (κ3) is 3.63. The van der Waals surface area contributed by atoms with Crippen LogP contribution >= 0.6 is 0 Å². The number of piperidine rings is 1. The summed E-state index contributed by atoms with van der Waals surface area (Å²) in [5, 5.41) is 3.01. The molecule has 1 N–H and O–H groups in total. The number of nitrogens with one attached hydrogen (secondary N) is 1. The van der Waals surface area contributed by atoms with Gasteiger partial charge < -0.3 is 14.6 Å².